The maximum Gasteiger partial charge on any atom is 0.323 e. The molecule has 1 fully saturated rings. The van der Waals surface area contributed by atoms with Gasteiger partial charge in [-0.15, -0.1) is 0 Å². The first-order valence-corrected chi connectivity index (χ1v) is 15.6. The molecule has 6 atom stereocenters. The Labute approximate surface area is 241 Å². The minimum Gasteiger partial charge on any atom is -0.464 e. The molecule has 3 aromatic rings. The van der Waals surface area contributed by atoms with Gasteiger partial charge in [-0.05, 0) is 50.1 Å². The summed E-state index contributed by atoms with van der Waals surface area (Å²) in [6.45, 7) is 6.48. The van der Waals surface area contributed by atoms with Crippen LogP contribution in [0, 0.1) is 12.3 Å². The lowest BCUT2D eigenvalue weighted by Gasteiger charge is -2.28. The summed E-state index contributed by atoms with van der Waals surface area (Å²) in [7, 11) is 0. The number of aliphatic hydroxyl groups excluding tert-OH is 1. The molecule has 1 aliphatic rings. The van der Waals surface area contributed by atoms with E-state index in [4.69, 9.17) is 30.3 Å². The van der Waals surface area contributed by atoms with E-state index in [1.807, 2.05) is 20.8 Å². The van der Waals surface area contributed by atoms with Gasteiger partial charge in [-0.3, -0.25) is 14.2 Å². The smallest absolute Gasteiger partial charge is 0.323 e. The van der Waals surface area contributed by atoms with Gasteiger partial charge in [0, 0.05) is 0 Å². The van der Waals surface area contributed by atoms with Crippen molar-refractivity contribution in [3.63, 3.8) is 0 Å². The number of halogens is 1. The molecule has 1 aliphatic heterocycles. The van der Waals surface area contributed by atoms with Crippen molar-refractivity contribution < 1.29 is 32.8 Å². The number of aliphatic hydroxyl groups is 1. The number of aromatic nitrogens is 4. The average Bonchev–Trinajstić information content (AvgIpc) is 3.39. The lowest BCUT2D eigenvalue weighted by Crippen LogP contribution is -2.41. The van der Waals surface area contributed by atoms with Gasteiger partial charge >= 0.3 is 12.6 Å². The van der Waals surface area contributed by atoms with Gasteiger partial charge in [0.2, 0.25) is 0 Å². The molecule has 2 aromatic heterocycles. The van der Waals surface area contributed by atoms with Crippen LogP contribution in [-0.4, -0.2) is 67.7 Å². The third-order valence-corrected chi connectivity index (χ3v) is 8.75. The van der Waals surface area contributed by atoms with Crippen LogP contribution in [-0.2, 0) is 30.6 Å². The second-order valence-corrected chi connectivity index (χ2v) is 14.5. The molecule has 1 aromatic carbocycles. The van der Waals surface area contributed by atoms with Gasteiger partial charge in [-0.25, -0.2) is 19.4 Å². The molecule has 0 radical (unpaired) electrons. The van der Waals surface area contributed by atoms with Crippen molar-refractivity contribution in [1.82, 2.24) is 24.6 Å². The Bertz CT molecular complexity index is 1490. The number of nitrogens with zero attached hydrogens (tertiary/aromatic N) is 3. The first-order chi connectivity index (χ1) is 19.1. The van der Waals surface area contributed by atoms with Gasteiger partial charge in [-0.1, -0.05) is 39.0 Å². The molecule has 0 spiro atoms. The van der Waals surface area contributed by atoms with E-state index in [1.165, 1.54) is 17.8 Å². The van der Waals surface area contributed by atoms with Crippen molar-refractivity contribution in [2.45, 2.75) is 71.7 Å². The third kappa shape index (κ3) is 7.19. The van der Waals surface area contributed by atoms with Crippen LogP contribution < -0.4 is 15.2 Å². The van der Waals surface area contributed by atoms with Gasteiger partial charge in [0.25, 0.3) is 5.56 Å². The summed E-state index contributed by atoms with van der Waals surface area (Å²) >= 11 is 5.72. The Morgan fingerprint density at radius 3 is 2.71 bits per heavy atom. The number of carbonyl (C=O) groups is 1. The van der Waals surface area contributed by atoms with E-state index in [0.29, 0.717) is 11.6 Å². The number of aryl methyl sites for hydroxylation is 1. The van der Waals surface area contributed by atoms with E-state index in [9.17, 15) is 14.7 Å². The van der Waals surface area contributed by atoms with E-state index in [-0.39, 0.29) is 29.8 Å². The predicted octanol–water partition coefficient (Wildman–Crippen LogP) is 3.30. The van der Waals surface area contributed by atoms with E-state index in [0.717, 1.165) is 0 Å². The van der Waals surface area contributed by atoms with Gasteiger partial charge in [0.15, 0.2) is 23.1 Å². The Balaban J connectivity index is 1.53. The third-order valence-electron chi connectivity index (χ3n) is 6.25. The average molecular weight is 612 g/mol. The predicted molar refractivity (Wildman–Crippen MR) is 153 cm³/mol. The maximum atomic E-state index is 16.0. The number of nitrogens with one attached hydrogen (secondary N) is 2. The van der Waals surface area contributed by atoms with Crippen LogP contribution in [0.4, 0.5) is 4.39 Å². The highest BCUT2D eigenvalue weighted by Crippen LogP contribution is 2.48. The fraction of sp³-hybridized carbons (Fsp3) is 0.538. The molecule has 0 amide bonds. The SMILES string of the molecule is Cc1nc2c(ncn2[C@@H]2O[C@H](COP(=S)(NC(C)C(=O)OCC(C)(C)C)Oc3ccccc3)[C@@H](O)[C@@]2(C)F)c(=O)[nH]1. The molecular formula is C26H35FN5O7PS. The summed E-state index contributed by atoms with van der Waals surface area (Å²) in [5, 5.41) is 13.8. The van der Waals surface area contributed by atoms with E-state index in [2.05, 4.69) is 20.0 Å². The number of hydrogen-bond acceptors (Lipinski definition) is 10. The molecular weight excluding hydrogens is 576 g/mol. The molecule has 3 N–H and O–H groups in total. The maximum absolute atomic E-state index is 16.0. The Kier molecular flexibility index (Phi) is 9.03. The van der Waals surface area contributed by atoms with Crippen LogP contribution >= 0.6 is 6.64 Å². The van der Waals surface area contributed by atoms with Gasteiger partial charge in [-0.2, -0.15) is 0 Å². The van der Waals surface area contributed by atoms with Crippen LogP contribution in [0.2, 0.25) is 0 Å². The molecule has 41 heavy (non-hydrogen) atoms. The number of para-hydroxylation sites is 1. The monoisotopic (exact) mass is 611 g/mol. The highest BCUT2D eigenvalue weighted by Gasteiger charge is 2.55. The number of alkyl halides is 1. The number of H-pyrrole nitrogens is 1. The minimum absolute atomic E-state index is 0.00693. The fourth-order valence-electron chi connectivity index (χ4n) is 4.14. The Morgan fingerprint density at radius 2 is 2.05 bits per heavy atom. The van der Waals surface area contributed by atoms with E-state index >= 15 is 4.39 Å². The number of carbonyl (C=O) groups excluding carboxylic acids is 1. The Hall–Kier alpha value is -2.74. The minimum atomic E-state index is -3.48. The summed E-state index contributed by atoms with van der Waals surface area (Å²) in [6.07, 6.45) is -2.98. The van der Waals surface area contributed by atoms with Crippen molar-refractivity contribution in [1.29, 1.82) is 0 Å². The normalized spacial score (nSPS) is 25.1. The lowest BCUT2D eigenvalue weighted by molar-refractivity contribution is -0.148. The zero-order valence-corrected chi connectivity index (χ0v) is 25.4. The number of esters is 1. The first-order valence-electron chi connectivity index (χ1n) is 13.0. The zero-order chi connectivity index (χ0) is 30.2. The van der Waals surface area contributed by atoms with Crippen LogP contribution in [0.15, 0.2) is 41.5 Å². The largest absolute Gasteiger partial charge is 0.464 e. The molecule has 12 nitrogen and oxygen atoms in total. The first kappa shape index (κ1) is 31.2. The quantitative estimate of drug-likeness (QED) is 0.229. The molecule has 2 unspecified atom stereocenters. The van der Waals surface area contributed by atoms with Crippen molar-refractivity contribution in [3.8, 4) is 5.75 Å². The number of aromatic amines is 1. The second-order valence-electron chi connectivity index (χ2n) is 11.3. The summed E-state index contributed by atoms with van der Waals surface area (Å²) in [5.74, 6) is 0.146. The van der Waals surface area contributed by atoms with Crippen molar-refractivity contribution in [2.24, 2.45) is 5.41 Å². The van der Waals surface area contributed by atoms with E-state index in [1.54, 1.807) is 44.2 Å². The summed E-state index contributed by atoms with van der Waals surface area (Å²) in [5.41, 5.74) is -2.92. The zero-order valence-electron chi connectivity index (χ0n) is 23.7. The van der Waals surface area contributed by atoms with Crippen molar-refractivity contribution in [2.75, 3.05) is 13.2 Å². The van der Waals surface area contributed by atoms with Crippen molar-refractivity contribution >= 4 is 35.6 Å². The van der Waals surface area contributed by atoms with Crippen LogP contribution in [0.1, 0.15) is 46.7 Å². The topological polar surface area (TPSA) is 150 Å². The fourth-order valence-corrected chi connectivity index (χ4v) is 6.56. The van der Waals surface area contributed by atoms with E-state index < -0.39 is 48.3 Å². The van der Waals surface area contributed by atoms with Gasteiger partial charge < -0.3 is 28.6 Å². The number of imidazole rings is 1. The number of fused-ring (bicyclic) bond motifs is 1. The molecule has 15 heteroatoms. The summed E-state index contributed by atoms with van der Waals surface area (Å²) in [6, 6.07) is 7.73. The molecule has 0 aliphatic carbocycles. The highest BCUT2D eigenvalue weighted by molar-refractivity contribution is 8.09. The molecule has 0 bridgehead atoms. The van der Waals surface area contributed by atoms with Crippen LogP contribution in [0.5, 0.6) is 5.75 Å². The Morgan fingerprint density at radius 1 is 1.37 bits per heavy atom. The molecule has 224 valence electrons. The van der Waals surface area contributed by atoms with Crippen LogP contribution in [0.25, 0.3) is 11.2 Å². The lowest BCUT2D eigenvalue weighted by atomic mass is 9.98. The van der Waals surface area contributed by atoms with Crippen molar-refractivity contribution in [3.05, 3.63) is 52.8 Å². The van der Waals surface area contributed by atoms with Gasteiger partial charge in [0.1, 0.15) is 29.8 Å². The molecule has 1 saturated heterocycles. The molecule has 3 heterocycles. The number of rotatable bonds is 10. The number of benzene rings is 1. The molecule has 4 rings (SSSR count). The molecule has 0 saturated carbocycles. The summed E-state index contributed by atoms with van der Waals surface area (Å²) in [4.78, 5) is 35.8. The summed E-state index contributed by atoms with van der Waals surface area (Å²) < 4.78 is 40.5. The standard InChI is InChI=1S/C26H35FN5O7PS/c1-15(23(35)36-13-25(3,4)5)31-40(41,39-17-10-8-7-9-11-17)37-12-18-20(33)26(6,27)24(38-18)32-14-28-19-21(32)29-16(2)30-22(19)34/h7-11,14-15,18,20,24,33H,12-13H2,1-6H3,(H,31,41)(H,29,30,34)/t15?,18-,20-,24-,26-,40?/m1/s1. The second kappa shape index (κ2) is 11.9. The number of hydrogen-bond donors (Lipinski definition) is 3. The highest BCUT2D eigenvalue weighted by atomic mass is 32.5. The van der Waals surface area contributed by atoms with Gasteiger partial charge in [0.05, 0.1) is 19.5 Å². The van der Waals surface area contributed by atoms with Crippen LogP contribution in [0.3, 0.4) is 0 Å². The number of ether oxygens (including phenoxy) is 2.